The summed E-state index contributed by atoms with van der Waals surface area (Å²) in [6.45, 7) is 2.96. The average molecular weight is 277 g/mol. The first-order valence-corrected chi connectivity index (χ1v) is 6.69. The summed E-state index contributed by atoms with van der Waals surface area (Å²) < 4.78 is 11.0. The van der Waals surface area contributed by atoms with E-state index in [0.29, 0.717) is 37.6 Å². The summed E-state index contributed by atoms with van der Waals surface area (Å²) in [5.41, 5.74) is 0.120. The van der Waals surface area contributed by atoms with Gasteiger partial charge in [-0.1, -0.05) is 6.92 Å². The zero-order valence-electron chi connectivity index (χ0n) is 11.6. The van der Waals surface area contributed by atoms with Crippen LogP contribution in [0, 0.1) is 11.3 Å². The fraction of sp³-hybridized carbons (Fsp3) is 0.467. The molecule has 0 saturated heterocycles. The third-order valence-electron chi connectivity index (χ3n) is 2.60. The fourth-order valence-corrected chi connectivity index (χ4v) is 1.60. The average Bonchev–Trinajstić information content (AvgIpc) is 2.44. The molecule has 1 rings (SSSR count). The first-order valence-electron chi connectivity index (χ1n) is 6.69. The summed E-state index contributed by atoms with van der Waals surface area (Å²) in [7, 11) is 0. The molecule has 5 nitrogen and oxygen atoms in total. The molecular weight excluding hydrogens is 258 g/mol. The molecule has 0 spiro atoms. The maximum Gasteiger partial charge on any atom is 0.339 e. The van der Waals surface area contributed by atoms with Crippen LogP contribution in [0.4, 0.5) is 0 Å². The number of carboxylic acids is 1. The highest BCUT2D eigenvalue weighted by atomic mass is 16.5. The second-order valence-electron chi connectivity index (χ2n) is 4.28. The van der Waals surface area contributed by atoms with Gasteiger partial charge in [0.2, 0.25) is 0 Å². The van der Waals surface area contributed by atoms with Crippen molar-refractivity contribution in [3.8, 4) is 17.6 Å². The van der Waals surface area contributed by atoms with Gasteiger partial charge in [0.15, 0.2) is 0 Å². The van der Waals surface area contributed by atoms with Crippen molar-refractivity contribution in [1.82, 2.24) is 0 Å². The molecule has 0 atom stereocenters. The lowest BCUT2D eigenvalue weighted by Gasteiger charge is -2.11. The van der Waals surface area contributed by atoms with Crippen molar-refractivity contribution in [2.75, 3.05) is 13.2 Å². The smallest absolute Gasteiger partial charge is 0.339 e. The molecule has 0 saturated carbocycles. The van der Waals surface area contributed by atoms with E-state index in [1.54, 1.807) is 12.1 Å². The lowest BCUT2D eigenvalue weighted by atomic mass is 10.2. The van der Waals surface area contributed by atoms with Crippen molar-refractivity contribution in [2.24, 2.45) is 0 Å². The summed E-state index contributed by atoms with van der Waals surface area (Å²) >= 11 is 0. The third kappa shape index (κ3) is 5.19. The van der Waals surface area contributed by atoms with Gasteiger partial charge in [-0.2, -0.15) is 5.26 Å². The lowest BCUT2D eigenvalue weighted by molar-refractivity contribution is 0.0692. The van der Waals surface area contributed by atoms with Gasteiger partial charge in [-0.3, -0.25) is 0 Å². The van der Waals surface area contributed by atoms with Crippen LogP contribution in [0.25, 0.3) is 0 Å². The van der Waals surface area contributed by atoms with Crippen LogP contribution in [0.1, 0.15) is 43.0 Å². The SMILES string of the molecule is CCCOc1ccc(C(=O)O)c(OCCCCC#N)c1. The molecule has 5 heteroatoms. The molecule has 0 unspecified atom stereocenters. The molecule has 0 bridgehead atoms. The monoisotopic (exact) mass is 277 g/mol. The first kappa shape index (κ1) is 15.8. The van der Waals surface area contributed by atoms with Crippen molar-refractivity contribution in [3.63, 3.8) is 0 Å². The topological polar surface area (TPSA) is 79.6 Å². The van der Waals surface area contributed by atoms with Gasteiger partial charge in [0, 0.05) is 12.5 Å². The Morgan fingerprint density at radius 3 is 2.75 bits per heavy atom. The number of carbonyl (C=O) groups is 1. The Labute approximate surface area is 118 Å². The largest absolute Gasteiger partial charge is 0.493 e. The number of carboxylic acid groups (broad SMARTS) is 1. The number of aromatic carboxylic acids is 1. The molecule has 0 aromatic heterocycles. The predicted octanol–water partition coefficient (Wildman–Crippen LogP) is 3.25. The predicted molar refractivity (Wildman–Crippen MR) is 74.1 cm³/mol. The second-order valence-corrected chi connectivity index (χ2v) is 4.28. The Hall–Kier alpha value is -2.22. The van der Waals surface area contributed by atoms with Gasteiger partial charge in [0.1, 0.15) is 17.1 Å². The second kappa shape index (κ2) is 8.81. The highest BCUT2D eigenvalue weighted by molar-refractivity contribution is 5.91. The molecule has 1 aromatic rings. The maximum atomic E-state index is 11.1. The van der Waals surface area contributed by atoms with Crippen molar-refractivity contribution in [1.29, 1.82) is 5.26 Å². The van der Waals surface area contributed by atoms with Crippen LogP contribution in [-0.2, 0) is 0 Å². The van der Waals surface area contributed by atoms with Gasteiger partial charge >= 0.3 is 5.97 Å². The van der Waals surface area contributed by atoms with Crippen LogP contribution in [-0.4, -0.2) is 24.3 Å². The summed E-state index contributed by atoms with van der Waals surface area (Å²) in [4.78, 5) is 11.1. The highest BCUT2D eigenvalue weighted by Crippen LogP contribution is 2.25. The van der Waals surface area contributed by atoms with E-state index >= 15 is 0 Å². The maximum absolute atomic E-state index is 11.1. The van der Waals surface area contributed by atoms with Gasteiger partial charge in [-0.15, -0.1) is 0 Å². The van der Waals surface area contributed by atoms with Crippen LogP contribution in [0.15, 0.2) is 18.2 Å². The number of hydrogen-bond acceptors (Lipinski definition) is 4. The zero-order chi connectivity index (χ0) is 14.8. The van der Waals surface area contributed by atoms with Gasteiger partial charge in [-0.25, -0.2) is 4.79 Å². The molecule has 0 heterocycles. The lowest BCUT2D eigenvalue weighted by Crippen LogP contribution is -2.05. The minimum Gasteiger partial charge on any atom is -0.493 e. The number of rotatable bonds is 9. The van der Waals surface area contributed by atoms with Gasteiger partial charge in [-0.05, 0) is 31.4 Å². The van der Waals surface area contributed by atoms with E-state index in [0.717, 1.165) is 12.8 Å². The quantitative estimate of drug-likeness (QED) is 0.701. The van der Waals surface area contributed by atoms with E-state index in [1.165, 1.54) is 6.07 Å². The van der Waals surface area contributed by atoms with Crippen LogP contribution >= 0.6 is 0 Å². The molecule has 0 fully saturated rings. The van der Waals surface area contributed by atoms with E-state index in [2.05, 4.69) is 6.07 Å². The van der Waals surface area contributed by atoms with Gasteiger partial charge in [0.05, 0.1) is 19.3 Å². The number of nitrogens with zero attached hydrogens (tertiary/aromatic N) is 1. The number of unbranched alkanes of at least 4 members (excludes halogenated alkanes) is 2. The molecule has 1 N–H and O–H groups in total. The van der Waals surface area contributed by atoms with Crippen LogP contribution in [0.3, 0.4) is 0 Å². The third-order valence-corrected chi connectivity index (χ3v) is 2.60. The Morgan fingerprint density at radius 2 is 2.10 bits per heavy atom. The van der Waals surface area contributed by atoms with Crippen molar-refractivity contribution < 1.29 is 19.4 Å². The zero-order valence-corrected chi connectivity index (χ0v) is 11.6. The van der Waals surface area contributed by atoms with E-state index < -0.39 is 5.97 Å². The molecule has 20 heavy (non-hydrogen) atoms. The Balaban J connectivity index is 2.68. The van der Waals surface area contributed by atoms with Gasteiger partial charge < -0.3 is 14.6 Å². The summed E-state index contributed by atoms with van der Waals surface area (Å²) in [5, 5.41) is 17.5. The molecular formula is C15H19NO4. The number of ether oxygens (including phenoxy) is 2. The molecule has 1 aromatic carbocycles. The molecule has 0 aliphatic carbocycles. The number of hydrogen-bond donors (Lipinski definition) is 1. The summed E-state index contributed by atoms with van der Waals surface area (Å²) in [6.07, 6.45) is 2.82. The summed E-state index contributed by atoms with van der Waals surface area (Å²) in [6, 6.07) is 6.77. The first-order chi connectivity index (χ1) is 9.69. The molecule has 0 radical (unpaired) electrons. The van der Waals surface area contributed by atoms with Crippen LogP contribution in [0.5, 0.6) is 11.5 Å². The van der Waals surface area contributed by atoms with E-state index in [4.69, 9.17) is 19.8 Å². The normalized spacial score (nSPS) is 9.80. The molecule has 0 aliphatic rings. The number of benzene rings is 1. The van der Waals surface area contributed by atoms with E-state index in [9.17, 15) is 4.79 Å². The molecule has 108 valence electrons. The van der Waals surface area contributed by atoms with Gasteiger partial charge in [0.25, 0.3) is 0 Å². The van der Waals surface area contributed by atoms with E-state index in [-0.39, 0.29) is 5.56 Å². The Morgan fingerprint density at radius 1 is 1.30 bits per heavy atom. The minimum absolute atomic E-state index is 0.120. The van der Waals surface area contributed by atoms with Crippen molar-refractivity contribution >= 4 is 5.97 Å². The molecule has 0 aliphatic heterocycles. The Bertz CT molecular complexity index is 479. The molecule has 0 amide bonds. The van der Waals surface area contributed by atoms with Crippen LogP contribution in [0.2, 0.25) is 0 Å². The van der Waals surface area contributed by atoms with Crippen molar-refractivity contribution in [3.05, 3.63) is 23.8 Å². The fourth-order valence-electron chi connectivity index (χ4n) is 1.60. The number of nitriles is 1. The highest BCUT2D eigenvalue weighted by Gasteiger charge is 2.12. The standard InChI is InChI=1S/C15H19NO4/c1-2-9-19-12-6-7-13(15(17)18)14(11-12)20-10-5-3-4-8-16/h6-7,11H,2-5,9-10H2,1H3,(H,17,18). The van der Waals surface area contributed by atoms with Crippen LogP contribution < -0.4 is 9.47 Å². The summed E-state index contributed by atoms with van der Waals surface area (Å²) in [5.74, 6) is -0.119. The minimum atomic E-state index is -1.03. The van der Waals surface area contributed by atoms with E-state index in [1.807, 2.05) is 6.92 Å². The van der Waals surface area contributed by atoms with Crippen molar-refractivity contribution in [2.45, 2.75) is 32.6 Å². The Kier molecular flexibility index (Phi) is 6.97.